The van der Waals surface area contributed by atoms with E-state index in [-0.39, 0.29) is 23.3 Å². The van der Waals surface area contributed by atoms with Crippen molar-refractivity contribution in [3.8, 4) is 0 Å². The number of carboxylic acid groups (broad SMARTS) is 1. The molecule has 122 valence electrons. The Kier molecular flexibility index (Phi) is 6.49. The Balaban J connectivity index is 2.38. The lowest BCUT2D eigenvalue weighted by molar-refractivity contribution is -0.140. The van der Waals surface area contributed by atoms with Gasteiger partial charge in [-0.15, -0.1) is 0 Å². The van der Waals surface area contributed by atoms with Crippen LogP contribution in [0.2, 0.25) is 0 Å². The summed E-state index contributed by atoms with van der Waals surface area (Å²) < 4.78 is 0. The van der Waals surface area contributed by atoms with Crippen molar-refractivity contribution in [1.29, 1.82) is 0 Å². The molecule has 0 aromatic rings. The van der Waals surface area contributed by atoms with Crippen LogP contribution in [-0.4, -0.2) is 30.2 Å². The molecule has 5 nitrogen and oxygen atoms in total. The second-order valence-electron chi connectivity index (χ2n) is 7.55. The van der Waals surface area contributed by atoms with E-state index in [2.05, 4.69) is 31.4 Å². The van der Waals surface area contributed by atoms with Gasteiger partial charge in [-0.3, -0.25) is 4.79 Å². The van der Waals surface area contributed by atoms with Crippen LogP contribution in [0, 0.1) is 10.8 Å². The molecule has 3 N–H and O–H groups in total. The first-order valence-corrected chi connectivity index (χ1v) is 7.96. The summed E-state index contributed by atoms with van der Waals surface area (Å²) in [5, 5.41) is 14.8. The zero-order valence-corrected chi connectivity index (χ0v) is 13.6. The highest BCUT2D eigenvalue weighted by Crippen LogP contribution is 2.38. The van der Waals surface area contributed by atoms with Crippen molar-refractivity contribution in [3.63, 3.8) is 0 Å². The summed E-state index contributed by atoms with van der Waals surface area (Å²) in [5.41, 5.74) is -0.0629. The van der Waals surface area contributed by atoms with E-state index >= 15 is 0 Å². The summed E-state index contributed by atoms with van der Waals surface area (Å²) in [4.78, 5) is 22.9. The van der Waals surface area contributed by atoms with Gasteiger partial charge in [0.1, 0.15) is 0 Å². The number of amides is 2. The molecule has 1 rings (SSSR count). The second-order valence-corrected chi connectivity index (χ2v) is 7.55. The third kappa shape index (κ3) is 7.34. The second kappa shape index (κ2) is 7.66. The van der Waals surface area contributed by atoms with E-state index in [1.807, 2.05) is 0 Å². The molecule has 0 bridgehead atoms. The standard InChI is InChI=1S/C16H30N2O3/c1-15(2,3)9-10-17-14(21)18-12-16(11-13(19)20)7-5-4-6-8-16/h4-12H2,1-3H3,(H,19,20)(H2,17,18,21). The highest BCUT2D eigenvalue weighted by Gasteiger charge is 2.34. The predicted molar refractivity (Wildman–Crippen MR) is 83.2 cm³/mol. The van der Waals surface area contributed by atoms with E-state index in [0.717, 1.165) is 32.1 Å². The molecule has 0 aliphatic heterocycles. The van der Waals surface area contributed by atoms with E-state index in [1.165, 1.54) is 6.42 Å². The number of hydrogen-bond donors (Lipinski definition) is 3. The number of aliphatic carboxylic acids is 1. The van der Waals surface area contributed by atoms with Crippen molar-refractivity contribution >= 4 is 12.0 Å². The maximum absolute atomic E-state index is 11.8. The lowest BCUT2D eigenvalue weighted by Gasteiger charge is -2.36. The molecule has 1 aliphatic carbocycles. The Morgan fingerprint density at radius 3 is 2.24 bits per heavy atom. The summed E-state index contributed by atoms with van der Waals surface area (Å²) in [6, 6.07) is -0.186. The molecule has 1 saturated carbocycles. The van der Waals surface area contributed by atoms with Gasteiger partial charge in [-0.2, -0.15) is 0 Å². The Morgan fingerprint density at radius 1 is 1.10 bits per heavy atom. The number of urea groups is 1. The van der Waals surface area contributed by atoms with E-state index in [0.29, 0.717) is 13.1 Å². The molecule has 0 saturated heterocycles. The highest BCUT2D eigenvalue weighted by molar-refractivity contribution is 5.74. The topological polar surface area (TPSA) is 78.4 Å². The molecular weight excluding hydrogens is 268 g/mol. The summed E-state index contributed by atoms with van der Waals surface area (Å²) in [6.45, 7) is 7.51. The number of carbonyl (C=O) groups excluding carboxylic acids is 1. The van der Waals surface area contributed by atoms with Crippen LogP contribution in [0.4, 0.5) is 4.79 Å². The van der Waals surface area contributed by atoms with Crippen LogP contribution >= 0.6 is 0 Å². The maximum Gasteiger partial charge on any atom is 0.314 e. The summed E-state index contributed by atoms with van der Waals surface area (Å²) >= 11 is 0. The van der Waals surface area contributed by atoms with Crippen molar-refractivity contribution in [3.05, 3.63) is 0 Å². The van der Waals surface area contributed by atoms with Gasteiger partial charge in [-0.25, -0.2) is 4.79 Å². The van der Waals surface area contributed by atoms with Crippen molar-refractivity contribution in [2.45, 2.75) is 65.7 Å². The Morgan fingerprint density at radius 2 is 1.71 bits per heavy atom. The molecule has 0 spiro atoms. The van der Waals surface area contributed by atoms with Gasteiger partial charge >= 0.3 is 12.0 Å². The molecule has 5 heteroatoms. The number of carbonyl (C=O) groups is 2. The van der Waals surface area contributed by atoms with E-state index in [1.54, 1.807) is 0 Å². The minimum absolute atomic E-state index is 0.148. The molecule has 0 radical (unpaired) electrons. The van der Waals surface area contributed by atoms with Gasteiger partial charge < -0.3 is 15.7 Å². The molecule has 0 aromatic heterocycles. The zero-order valence-electron chi connectivity index (χ0n) is 13.6. The van der Waals surface area contributed by atoms with Crippen LogP contribution in [0.1, 0.15) is 65.7 Å². The van der Waals surface area contributed by atoms with Crippen LogP contribution in [-0.2, 0) is 4.79 Å². The van der Waals surface area contributed by atoms with Crippen molar-refractivity contribution in [2.75, 3.05) is 13.1 Å². The highest BCUT2D eigenvalue weighted by atomic mass is 16.4. The van der Waals surface area contributed by atoms with Gasteiger partial charge in [0.15, 0.2) is 0 Å². The molecule has 1 aliphatic rings. The van der Waals surface area contributed by atoms with Crippen molar-refractivity contribution in [1.82, 2.24) is 10.6 Å². The first-order valence-electron chi connectivity index (χ1n) is 7.96. The maximum atomic E-state index is 11.8. The summed E-state index contributed by atoms with van der Waals surface area (Å²) in [7, 11) is 0. The molecule has 0 atom stereocenters. The fraction of sp³-hybridized carbons (Fsp3) is 0.875. The van der Waals surface area contributed by atoms with Gasteiger partial charge in [0.25, 0.3) is 0 Å². The van der Waals surface area contributed by atoms with E-state index in [4.69, 9.17) is 5.11 Å². The lowest BCUT2D eigenvalue weighted by atomic mass is 9.72. The molecule has 0 unspecified atom stereocenters. The molecule has 1 fully saturated rings. The molecule has 0 aromatic carbocycles. The summed E-state index contributed by atoms with van der Waals surface area (Å²) in [6.07, 6.45) is 6.12. The first-order chi connectivity index (χ1) is 9.72. The predicted octanol–water partition coefficient (Wildman–Crippen LogP) is 3.15. The average Bonchev–Trinajstić information content (AvgIpc) is 2.35. The minimum atomic E-state index is -0.771. The van der Waals surface area contributed by atoms with Crippen molar-refractivity contribution < 1.29 is 14.7 Å². The normalized spacial score (nSPS) is 18.0. The fourth-order valence-corrected chi connectivity index (χ4v) is 2.92. The number of rotatable bonds is 6. The van der Waals surface area contributed by atoms with Crippen LogP contribution in [0.3, 0.4) is 0 Å². The number of nitrogens with one attached hydrogen (secondary N) is 2. The average molecular weight is 298 g/mol. The quantitative estimate of drug-likeness (QED) is 0.705. The monoisotopic (exact) mass is 298 g/mol. The minimum Gasteiger partial charge on any atom is -0.481 e. The largest absolute Gasteiger partial charge is 0.481 e. The van der Waals surface area contributed by atoms with Crippen LogP contribution < -0.4 is 10.6 Å². The number of carboxylic acids is 1. The molecule has 21 heavy (non-hydrogen) atoms. The smallest absolute Gasteiger partial charge is 0.314 e. The van der Waals surface area contributed by atoms with Crippen LogP contribution in [0.25, 0.3) is 0 Å². The van der Waals surface area contributed by atoms with Gasteiger partial charge in [0, 0.05) is 13.1 Å². The van der Waals surface area contributed by atoms with Crippen LogP contribution in [0.5, 0.6) is 0 Å². The summed E-state index contributed by atoms with van der Waals surface area (Å²) in [5.74, 6) is -0.771. The van der Waals surface area contributed by atoms with E-state index in [9.17, 15) is 9.59 Å². The van der Waals surface area contributed by atoms with Gasteiger partial charge in [0.05, 0.1) is 6.42 Å². The van der Waals surface area contributed by atoms with Crippen LogP contribution in [0.15, 0.2) is 0 Å². The number of hydrogen-bond acceptors (Lipinski definition) is 2. The zero-order chi connectivity index (χ0) is 15.9. The van der Waals surface area contributed by atoms with Gasteiger partial charge in [0.2, 0.25) is 0 Å². The Labute approximate surface area is 127 Å². The SMILES string of the molecule is CC(C)(C)CCNC(=O)NCC1(CC(=O)O)CCCCC1. The van der Waals surface area contributed by atoms with Crippen molar-refractivity contribution in [2.24, 2.45) is 10.8 Å². The first kappa shape index (κ1) is 17.8. The molecule has 2 amide bonds. The third-order valence-electron chi connectivity index (χ3n) is 4.22. The Hall–Kier alpha value is -1.26. The molecular formula is C16H30N2O3. The third-order valence-corrected chi connectivity index (χ3v) is 4.22. The van der Waals surface area contributed by atoms with Gasteiger partial charge in [-0.05, 0) is 30.1 Å². The Bertz CT molecular complexity index is 355. The van der Waals surface area contributed by atoms with E-state index < -0.39 is 5.97 Å². The lowest BCUT2D eigenvalue weighted by Crippen LogP contribution is -2.44. The fourth-order valence-electron chi connectivity index (χ4n) is 2.92. The molecule has 0 heterocycles. The van der Waals surface area contributed by atoms with Gasteiger partial charge in [-0.1, -0.05) is 40.0 Å².